The first kappa shape index (κ1) is 10.7. The molecular weight excluding hydrogens is 140 g/mol. The summed E-state index contributed by atoms with van der Waals surface area (Å²) in [6.07, 6.45) is 1.74. The Morgan fingerprint density at radius 2 is 2.09 bits per heavy atom. The molecule has 0 saturated carbocycles. The molecule has 0 saturated heterocycles. The Balaban J connectivity index is 3.78. The van der Waals surface area contributed by atoms with Gasteiger partial charge in [0.2, 0.25) is 0 Å². The van der Waals surface area contributed by atoms with Crippen LogP contribution in [0.3, 0.4) is 0 Å². The minimum absolute atomic E-state index is 0.225. The van der Waals surface area contributed by atoms with Gasteiger partial charge >= 0.3 is 0 Å². The molecule has 0 unspecified atom stereocenters. The van der Waals surface area contributed by atoms with Crippen molar-refractivity contribution in [3.8, 4) is 0 Å². The van der Waals surface area contributed by atoms with E-state index < -0.39 is 6.10 Å². The van der Waals surface area contributed by atoms with Crippen molar-refractivity contribution >= 4 is 0 Å². The molecular formula is C9H18O2. The molecule has 0 amide bonds. The summed E-state index contributed by atoms with van der Waals surface area (Å²) in [6, 6.07) is 0. The fourth-order valence-electron chi connectivity index (χ4n) is 1.03. The summed E-state index contributed by atoms with van der Waals surface area (Å²) in [5.74, 6) is 0.489. The Kier molecular flexibility index (Phi) is 5.16. The lowest BCUT2D eigenvalue weighted by Gasteiger charge is -2.19. The molecule has 2 atom stereocenters. The first-order valence-corrected chi connectivity index (χ1v) is 3.95. The van der Waals surface area contributed by atoms with Crippen molar-refractivity contribution in [1.29, 1.82) is 0 Å². The Morgan fingerprint density at radius 3 is 2.36 bits per heavy atom. The molecule has 0 heterocycles. The predicted octanol–water partition coefficient (Wildman–Crippen LogP) is 1.59. The lowest BCUT2D eigenvalue weighted by atomic mass is 10.0. The second-order valence-electron chi connectivity index (χ2n) is 3.13. The second-order valence-corrected chi connectivity index (χ2v) is 3.13. The minimum Gasteiger partial charge on any atom is -0.390 e. The van der Waals surface area contributed by atoms with Gasteiger partial charge in [-0.05, 0) is 12.3 Å². The minimum atomic E-state index is -0.419. The van der Waals surface area contributed by atoms with Crippen molar-refractivity contribution in [3.05, 3.63) is 12.7 Å². The fraction of sp³-hybridized carbons (Fsp3) is 0.778. The van der Waals surface area contributed by atoms with Crippen LogP contribution in [0.15, 0.2) is 12.7 Å². The molecule has 0 radical (unpaired) electrons. The normalized spacial score (nSPS) is 16.5. The van der Waals surface area contributed by atoms with Crippen LogP contribution in [-0.2, 0) is 4.74 Å². The SMILES string of the molecule is C=C[C@H](OC)[C@@H](O)CC(C)C. The molecule has 0 aliphatic rings. The van der Waals surface area contributed by atoms with Gasteiger partial charge in [-0.2, -0.15) is 0 Å². The van der Waals surface area contributed by atoms with Crippen LogP contribution >= 0.6 is 0 Å². The molecule has 2 nitrogen and oxygen atoms in total. The number of aliphatic hydroxyl groups is 1. The Labute approximate surface area is 68.9 Å². The highest BCUT2D eigenvalue weighted by atomic mass is 16.5. The smallest absolute Gasteiger partial charge is 0.101 e. The highest BCUT2D eigenvalue weighted by molar-refractivity contribution is 4.85. The second kappa shape index (κ2) is 5.33. The lowest BCUT2D eigenvalue weighted by molar-refractivity contribution is 0.00666. The van der Waals surface area contributed by atoms with Gasteiger partial charge in [-0.3, -0.25) is 0 Å². The van der Waals surface area contributed by atoms with Crippen LogP contribution in [-0.4, -0.2) is 24.4 Å². The average molecular weight is 158 g/mol. The summed E-state index contributed by atoms with van der Waals surface area (Å²) in [6.45, 7) is 7.71. The third-order valence-corrected chi connectivity index (χ3v) is 1.60. The molecule has 0 fully saturated rings. The number of rotatable bonds is 5. The van der Waals surface area contributed by atoms with Gasteiger partial charge in [-0.15, -0.1) is 6.58 Å². The van der Waals surface area contributed by atoms with Gasteiger partial charge in [0.15, 0.2) is 0 Å². The van der Waals surface area contributed by atoms with Crippen LogP contribution in [0.1, 0.15) is 20.3 Å². The molecule has 2 heteroatoms. The number of hydrogen-bond donors (Lipinski definition) is 1. The molecule has 0 aromatic rings. The molecule has 0 bridgehead atoms. The molecule has 1 N–H and O–H groups in total. The molecule has 0 aliphatic heterocycles. The van der Waals surface area contributed by atoms with Crippen molar-refractivity contribution in [1.82, 2.24) is 0 Å². The number of aliphatic hydroxyl groups excluding tert-OH is 1. The summed E-state index contributed by atoms with van der Waals surface area (Å²) in [5, 5.41) is 9.48. The van der Waals surface area contributed by atoms with Gasteiger partial charge < -0.3 is 9.84 Å². The van der Waals surface area contributed by atoms with Crippen molar-refractivity contribution < 1.29 is 9.84 Å². The van der Waals surface area contributed by atoms with Gasteiger partial charge in [0.1, 0.15) is 6.10 Å². The van der Waals surface area contributed by atoms with Crippen LogP contribution in [0.4, 0.5) is 0 Å². The standard InChI is InChI=1S/C9H18O2/c1-5-9(11-4)8(10)6-7(2)3/h5,7-10H,1,6H2,2-4H3/t8-,9-/m0/s1. The summed E-state index contributed by atoms with van der Waals surface area (Å²) >= 11 is 0. The summed E-state index contributed by atoms with van der Waals surface area (Å²) in [4.78, 5) is 0. The van der Waals surface area contributed by atoms with Crippen LogP contribution < -0.4 is 0 Å². The topological polar surface area (TPSA) is 29.5 Å². The molecule has 0 spiro atoms. The summed E-state index contributed by atoms with van der Waals surface area (Å²) in [5.41, 5.74) is 0. The first-order chi connectivity index (χ1) is 5.11. The Bertz CT molecular complexity index is 110. The summed E-state index contributed by atoms with van der Waals surface area (Å²) < 4.78 is 4.99. The summed E-state index contributed by atoms with van der Waals surface area (Å²) in [7, 11) is 1.58. The maximum atomic E-state index is 9.48. The maximum absolute atomic E-state index is 9.48. The first-order valence-electron chi connectivity index (χ1n) is 3.95. The Hall–Kier alpha value is -0.340. The van der Waals surface area contributed by atoms with Crippen LogP contribution in [0.5, 0.6) is 0 Å². The van der Waals surface area contributed by atoms with E-state index in [9.17, 15) is 5.11 Å². The zero-order chi connectivity index (χ0) is 8.85. The highest BCUT2D eigenvalue weighted by Gasteiger charge is 2.15. The van der Waals surface area contributed by atoms with E-state index in [0.717, 1.165) is 6.42 Å². The van der Waals surface area contributed by atoms with E-state index in [0.29, 0.717) is 5.92 Å². The maximum Gasteiger partial charge on any atom is 0.101 e. The van der Waals surface area contributed by atoms with Gasteiger partial charge in [0, 0.05) is 7.11 Å². The third-order valence-electron chi connectivity index (χ3n) is 1.60. The Morgan fingerprint density at radius 1 is 1.55 bits per heavy atom. The van der Waals surface area contributed by atoms with Crippen molar-refractivity contribution in [2.24, 2.45) is 5.92 Å². The van der Waals surface area contributed by atoms with E-state index in [2.05, 4.69) is 20.4 Å². The van der Waals surface area contributed by atoms with E-state index in [1.165, 1.54) is 0 Å². The average Bonchev–Trinajstić information content (AvgIpc) is 1.88. The van der Waals surface area contributed by atoms with Crippen molar-refractivity contribution in [2.75, 3.05) is 7.11 Å². The molecule has 11 heavy (non-hydrogen) atoms. The third kappa shape index (κ3) is 4.17. The predicted molar refractivity (Wildman–Crippen MR) is 46.5 cm³/mol. The van der Waals surface area contributed by atoms with Gasteiger partial charge in [0.25, 0.3) is 0 Å². The zero-order valence-corrected chi connectivity index (χ0v) is 7.58. The quantitative estimate of drug-likeness (QED) is 0.616. The fourth-order valence-corrected chi connectivity index (χ4v) is 1.03. The van der Waals surface area contributed by atoms with E-state index in [1.54, 1.807) is 13.2 Å². The number of ether oxygens (including phenoxy) is 1. The van der Waals surface area contributed by atoms with Gasteiger partial charge in [-0.1, -0.05) is 19.9 Å². The van der Waals surface area contributed by atoms with E-state index in [1.807, 2.05) is 0 Å². The number of methoxy groups -OCH3 is 1. The van der Waals surface area contributed by atoms with E-state index in [-0.39, 0.29) is 6.10 Å². The van der Waals surface area contributed by atoms with Crippen molar-refractivity contribution in [2.45, 2.75) is 32.5 Å². The van der Waals surface area contributed by atoms with Gasteiger partial charge in [0.05, 0.1) is 6.10 Å². The van der Waals surface area contributed by atoms with E-state index in [4.69, 9.17) is 4.74 Å². The molecule has 0 rings (SSSR count). The largest absolute Gasteiger partial charge is 0.390 e. The number of hydrogen-bond acceptors (Lipinski definition) is 2. The monoisotopic (exact) mass is 158 g/mol. The van der Waals surface area contributed by atoms with Crippen LogP contribution in [0, 0.1) is 5.92 Å². The van der Waals surface area contributed by atoms with E-state index >= 15 is 0 Å². The zero-order valence-electron chi connectivity index (χ0n) is 7.58. The molecule has 66 valence electrons. The van der Waals surface area contributed by atoms with Gasteiger partial charge in [-0.25, -0.2) is 0 Å². The molecule has 0 aliphatic carbocycles. The van der Waals surface area contributed by atoms with Crippen LogP contribution in [0.25, 0.3) is 0 Å². The highest BCUT2D eigenvalue weighted by Crippen LogP contribution is 2.10. The molecule has 0 aromatic carbocycles. The van der Waals surface area contributed by atoms with Crippen LogP contribution in [0.2, 0.25) is 0 Å². The van der Waals surface area contributed by atoms with Crippen molar-refractivity contribution in [3.63, 3.8) is 0 Å². The lowest BCUT2D eigenvalue weighted by Crippen LogP contribution is -2.27. The molecule has 0 aromatic heterocycles.